The van der Waals surface area contributed by atoms with Gasteiger partial charge in [0.15, 0.2) is 10.9 Å². The lowest BCUT2D eigenvalue weighted by molar-refractivity contribution is 0.102. The standard InChI is InChI=1S/C20H21N3OS/c1-13-6-7-17(10-14(13)2)23-15(3)11-18(16(23)4)19(24)12-25-20-21-8-5-9-22-20/h5-11H,12H2,1-4H3. The molecule has 0 unspecified atom stereocenters. The van der Waals surface area contributed by atoms with Crippen LogP contribution in [-0.4, -0.2) is 26.1 Å². The number of thioether (sulfide) groups is 1. The number of benzene rings is 1. The predicted molar refractivity (Wildman–Crippen MR) is 102 cm³/mol. The summed E-state index contributed by atoms with van der Waals surface area (Å²) in [5.41, 5.74) is 6.40. The quantitative estimate of drug-likeness (QED) is 0.386. The van der Waals surface area contributed by atoms with E-state index in [1.165, 1.54) is 22.9 Å². The topological polar surface area (TPSA) is 47.8 Å². The number of hydrogen-bond donors (Lipinski definition) is 0. The lowest BCUT2D eigenvalue weighted by Gasteiger charge is -2.12. The van der Waals surface area contributed by atoms with Gasteiger partial charge in [-0.05, 0) is 63.1 Å². The summed E-state index contributed by atoms with van der Waals surface area (Å²) in [6.45, 7) is 8.24. The molecule has 3 rings (SSSR count). The summed E-state index contributed by atoms with van der Waals surface area (Å²) in [5, 5.41) is 0.624. The van der Waals surface area contributed by atoms with Crippen LogP contribution in [0.15, 0.2) is 47.9 Å². The molecule has 0 spiro atoms. The number of carbonyl (C=O) groups is 1. The van der Waals surface area contributed by atoms with Gasteiger partial charge >= 0.3 is 0 Å². The number of Topliss-reactive ketones (excluding diaryl/α,β-unsaturated/α-hetero) is 1. The van der Waals surface area contributed by atoms with Crippen molar-refractivity contribution in [2.45, 2.75) is 32.9 Å². The molecule has 2 heterocycles. The molecular weight excluding hydrogens is 330 g/mol. The number of nitrogens with zero attached hydrogens (tertiary/aromatic N) is 3. The van der Waals surface area contributed by atoms with E-state index in [4.69, 9.17) is 0 Å². The third kappa shape index (κ3) is 3.66. The lowest BCUT2D eigenvalue weighted by atomic mass is 10.1. The number of hydrogen-bond acceptors (Lipinski definition) is 4. The van der Waals surface area contributed by atoms with Gasteiger partial charge in [-0.2, -0.15) is 0 Å². The molecule has 0 saturated heterocycles. The summed E-state index contributed by atoms with van der Waals surface area (Å²) < 4.78 is 2.14. The fraction of sp³-hybridized carbons (Fsp3) is 0.250. The Morgan fingerprint density at radius 3 is 2.44 bits per heavy atom. The highest BCUT2D eigenvalue weighted by atomic mass is 32.2. The Hall–Kier alpha value is -2.40. The Morgan fingerprint density at radius 1 is 1.04 bits per heavy atom. The maximum absolute atomic E-state index is 12.7. The molecule has 0 atom stereocenters. The summed E-state index contributed by atoms with van der Waals surface area (Å²) in [6.07, 6.45) is 3.37. The molecule has 4 nitrogen and oxygen atoms in total. The highest BCUT2D eigenvalue weighted by Crippen LogP contribution is 2.24. The predicted octanol–water partition coefficient (Wildman–Crippen LogP) is 4.48. The van der Waals surface area contributed by atoms with Crippen molar-refractivity contribution in [2.24, 2.45) is 0 Å². The van der Waals surface area contributed by atoms with E-state index in [0.717, 1.165) is 22.6 Å². The average Bonchev–Trinajstić information content (AvgIpc) is 2.91. The Balaban J connectivity index is 1.86. The van der Waals surface area contributed by atoms with Gasteiger partial charge in [0.2, 0.25) is 0 Å². The van der Waals surface area contributed by atoms with Crippen molar-refractivity contribution in [3.63, 3.8) is 0 Å². The molecule has 0 radical (unpaired) electrons. The maximum Gasteiger partial charge on any atom is 0.187 e. The Labute approximate surface area is 152 Å². The minimum Gasteiger partial charge on any atom is -0.318 e. The van der Waals surface area contributed by atoms with E-state index in [2.05, 4.69) is 46.6 Å². The zero-order valence-corrected chi connectivity index (χ0v) is 15.7. The van der Waals surface area contributed by atoms with Crippen molar-refractivity contribution in [3.8, 4) is 5.69 Å². The van der Waals surface area contributed by atoms with Crippen molar-refractivity contribution >= 4 is 17.5 Å². The smallest absolute Gasteiger partial charge is 0.187 e. The van der Waals surface area contributed by atoms with Gasteiger partial charge < -0.3 is 4.57 Å². The molecule has 3 aromatic rings. The third-order valence-electron chi connectivity index (χ3n) is 4.35. The number of aryl methyl sites for hydroxylation is 3. The number of ketones is 1. The molecule has 0 fully saturated rings. The second kappa shape index (κ2) is 7.23. The van der Waals surface area contributed by atoms with E-state index in [1.807, 2.05) is 19.9 Å². The van der Waals surface area contributed by atoms with Gasteiger partial charge in [-0.25, -0.2) is 9.97 Å². The second-order valence-corrected chi connectivity index (χ2v) is 7.07. The monoisotopic (exact) mass is 351 g/mol. The van der Waals surface area contributed by atoms with Gasteiger partial charge in [-0.3, -0.25) is 4.79 Å². The summed E-state index contributed by atoms with van der Waals surface area (Å²) in [6, 6.07) is 10.1. The largest absolute Gasteiger partial charge is 0.318 e. The molecule has 25 heavy (non-hydrogen) atoms. The molecule has 0 aliphatic heterocycles. The highest BCUT2D eigenvalue weighted by molar-refractivity contribution is 7.99. The fourth-order valence-corrected chi connectivity index (χ4v) is 3.56. The Kier molecular flexibility index (Phi) is 5.04. The van der Waals surface area contributed by atoms with Gasteiger partial charge in [0.1, 0.15) is 0 Å². The van der Waals surface area contributed by atoms with Crippen LogP contribution in [0.1, 0.15) is 32.9 Å². The van der Waals surface area contributed by atoms with Crippen LogP contribution in [0.5, 0.6) is 0 Å². The van der Waals surface area contributed by atoms with Crippen LogP contribution in [0.2, 0.25) is 0 Å². The summed E-state index contributed by atoms with van der Waals surface area (Å²) in [7, 11) is 0. The average molecular weight is 351 g/mol. The van der Waals surface area contributed by atoms with Crippen molar-refractivity contribution in [2.75, 3.05) is 5.75 Å². The van der Waals surface area contributed by atoms with Crippen LogP contribution in [0.25, 0.3) is 5.69 Å². The molecule has 0 aliphatic rings. The minimum absolute atomic E-state index is 0.0978. The summed E-state index contributed by atoms with van der Waals surface area (Å²) >= 11 is 1.37. The van der Waals surface area contributed by atoms with E-state index >= 15 is 0 Å². The van der Waals surface area contributed by atoms with E-state index in [-0.39, 0.29) is 5.78 Å². The van der Waals surface area contributed by atoms with E-state index in [1.54, 1.807) is 18.5 Å². The SMILES string of the molecule is Cc1ccc(-n2c(C)cc(C(=O)CSc3ncccn3)c2C)cc1C. The molecule has 5 heteroatoms. The first-order valence-corrected chi connectivity index (χ1v) is 9.15. The Morgan fingerprint density at radius 2 is 1.76 bits per heavy atom. The fourth-order valence-electron chi connectivity index (χ4n) is 2.87. The maximum atomic E-state index is 12.7. The first kappa shape index (κ1) is 17.4. The molecular formula is C20H21N3OS. The molecule has 0 N–H and O–H groups in total. The highest BCUT2D eigenvalue weighted by Gasteiger charge is 2.17. The number of carbonyl (C=O) groups excluding carboxylic acids is 1. The normalized spacial score (nSPS) is 10.9. The van der Waals surface area contributed by atoms with Crippen LogP contribution >= 0.6 is 11.8 Å². The van der Waals surface area contributed by atoms with Crippen LogP contribution < -0.4 is 0 Å². The van der Waals surface area contributed by atoms with E-state index < -0.39 is 0 Å². The van der Waals surface area contributed by atoms with Gasteiger partial charge in [0.05, 0.1) is 5.75 Å². The first-order chi connectivity index (χ1) is 12.0. The molecule has 0 amide bonds. The van der Waals surface area contributed by atoms with Gasteiger partial charge in [0.25, 0.3) is 0 Å². The zero-order chi connectivity index (χ0) is 18.0. The van der Waals surface area contributed by atoms with Crippen LogP contribution in [0, 0.1) is 27.7 Å². The van der Waals surface area contributed by atoms with Crippen LogP contribution in [0.3, 0.4) is 0 Å². The van der Waals surface area contributed by atoms with E-state index in [0.29, 0.717) is 10.9 Å². The van der Waals surface area contributed by atoms with Gasteiger partial charge in [-0.15, -0.1) is 0 Å². The molecule has 0 bridgehead atoms. The van der Waals surface area contributed by atoms with Crippen LogP contribution in [0.4, 0.5) is 0 Å². The van der Waals surface area contributed by atoms with Crippen LogP contribution in [-0.2, 0) is 0 Å². The Bertz CT molecular complexity index is 916. The van der Waals surface area contributed by atoms with Crippen molar-refractivity contribution in [1.82, 2.24) is 14.5 Å². The first-order valence-electron chi connectivity index (χ1n) is 8.17. The second-order valence-electron chi connectivity index (χ2n) is 6.13. The minimum atomic E-state index is 0.0978. The van der Waals surface area contributed by atoms with E-state index in [9.17, 15) is 4.79 Å². The van der Waals surface area contributed by atoms with Gasteiger partial charge in [-0.1, -0.05) is 17.8 Å². The van der Waals surface area contributed by atoms with Crippen molar-refractivity contribution in [1.29, 1.82) is 0 Å². The summed E-state index contributed by atoms with van der Waals surface area (Å²) in [4.78, 5) is 21.0. The number of rotatable bonds is 5. The molecule has 0 saturated carbocycles. The number of aromatic nitrogens is 3. The zero-order valence-electron chi connectivity index (χ0n) is 14.9. The third-order valence-corrected chi connectivity index (χ3v) is 5.23. The molecule has 0 aliphatic carbocycles. The molecule has 128 valence electrons. The van der Waals surface area contributed by atoms with Crippen molar-refractivity contribution < 1.29 is 4.79 Å². The summed E-state index contributed by atoms with van der Waals surface area (Å²) in [5.74, 6) is 0.432. The van der Waals surface area contributed by atoms with Crippen molar-refractivity contribution in [3.05, 3.63) is 70.8 Å². The molecule has 2 aromatic heterocycles. The van der Waals surface area contributed by atoms with Gasteiger partial charge in [0, 0.05) is 35.0 Å². The molecule has 1 aromatic carbocycles. The lowest BCUT2D eigenvalue weighted by Crippen LogP contribution is -2.06.